The zero-order chi connectivity index (χ0) is 11.6. The minimum absolute atomic E-state index is 0.0461. The normalized spacial score (nSPS) is 41.4. The monoisotopic (exact) mass is 228 g/mol. The van der Waals surface area contributed by atoms with Crippen LogP contribution in [0.1, 0.15) is 26.7 Å². The van der Waals surface area contributed by atoms with Crippen LogP contribution in [0, 0.1) is 0 Å². The maximum atomic E-state index is 6.04. The zero-order valence-corrected chi connectivity index (χ0v) is 10.4. The van der Waals surface area contributed by atoms with Gasteiger partial charge in [0.25, 0.3) is 0 Å². The molecular formula is C12H24N2O2. The lowest BCUT2D eigenvalue weighted by Crippen LogP contribution is -2.64. The highest BCUT2D eigenvalue weighted by Crippen LogP contribution is 2.34. The Labute approximate surface area is 98.1 Å². The molecule has 4 heteroatoms. The fourth-order valence-corrected chi connectivity index (χ4v) is 3.11. The van der Waals surface area contributed by atoms with Crippen LogP contribution in [0.4, 0.5) is 0 Å². The molecule has 2 aliphatic heterocycles. The molecule has 2 fully saturated rings. The van der Waals surface area contributed by atoms with Crippen molar-refractivity contribution in [3.8, 4) is 0 Å². The van der Waals surface area contributed by atoms with Gasteiger partial charge in [-0.1, -0.05) is 6.92 Å². The van der Waals surface area contributed by atoms with Gasteiger partial charge >= 0.3 is 0 Å². The van der Waals surface area contributed by atoms with Gasteiger partial charge in [0.05, 0.1) is 24.9 Å². The lowest BCUT2D eigenvalue weighted by Gasteiger charge is -2.48. The van der Waals surface area contributed by atoms with Gasteiger partial charge in [0.15, 0.2) is 0 Å². The molecule has 0 bridgehead atoms. The van der Waals surface area contributed by atoms with Crippen LogP contribution < -0.4 is 5.73 Å². The number of nitrogens with zero attached hydrogens (tertiary/aromatic N) is 1. The number of hydrogen-bond acceptors (Lipinski definition) is 4. The van der Waals surface area contributed by atoms with E-state index >= 15 is 0 Å². The van der Waals surface area contributed by atoms with Gasteiger partial charge in [-0.25, -0.2) is 0 Å². The van der Waals surface area contributed by atoms with Crippen molar-refractivity contribution in [2.45, 2.75) is 44.4 Å². The van der Waals surface area contributed by atoms with Crippen LogP contribution in [0.2, 0.25) is 0 Å². The summed E-state index contributed by atoms with van der Waals surface area (Å²) in [4.78, 5) is 2.55. The average Bonchev–Trinajstić information content (AvgIpc) is 2.71. The van der Waals surface area contributed by atoms with E-state index in [9.17, 15) is 0 Å². The van der Waals surface area contributed by atoms with E-state index in [0.29, 0.717) is 12.6 Å². The predicted molar refractivity (Wildman–Crippen MR) is 63.4 cm³/mol. The molecule has 94 valence electrons. The van der Waals surface area contributed by atoms with Gasteiger partial charge in [-0.05, 0) is 19.8 Å². The Kier molecular flexibility index (Phi) is 3.85. The first kappa shape index (κ1) is 12.3. The summed E-state index contributed by atoms with van der Waals surface area (Å²) in [5.74, 6) is 0. The quantitative estimate of drug-likeness (QED) is 0.768. The van der Waals surface area contributed by atoms with Gasteiger partial charge in [0.2, 0.25) is 0 Å². The third kappa shape index (κ3) is 1.88. The van der Waals surface area contributed by atoms with E-state index in [2.05, 4.69) is 18.7 Å². The molecule has 3 atom stereocenters. The molecule has 2 aliphatic rings. The van der Waals surface area contributed by atoms with Crippen molar-refractivity contribution in [2.75, 3.05) is 32.9 Å². The summed E-state index contributed by atoms with van der Waals surface area (Å²) < 4.78 is 11.3. The van der Waals surface area contributed by atoms with Crippen molar-refractivity contribution < 1.29 is 9.47 Å². The highest BCUT2D eigenvalue weighted by atomic mass is 16.5. The highest BCUT2D eigenvalue weighted by molar-refractivity contribution is 5.03. The van der Waals surface area contributed by atoms with Crippen molar-refractivity contribution in [1.82, 2.24) is 4.90 Å². The van der Waals surface area contributed by atoms with E-state index in [-0.39, 0.29) is 11.6 Å². The van der Waals surface area contributed by atoms with E-state index < -0.39 is 0 Å². The Morgan fingerprint density at radius 3 is 2.81 bits per heavy atom. The second-order valence-corrected chi connectivity index (χ2v) is 4.90. The molecule has 3 unspecified atom stereocenters. The Morgan fingerprint density at radius 1 is 1.44 bits per heavy atom. The molecule has 0 radical (unpaired) electrons. The van der Waals surface area contributed by atoms with Crippen LogP contribution in [0.3, 0.4) is 0 Å². The van der Waals surface area contributed by atoms with E-state index in [1.54, 1.807) is 0 Å². The molecule has 2 heterocycles. The molecule has 2 N–H and O–H groups in total. The third-order valence-corrected chi connectivity index (χ3v) is 4.28. The minimum atomic E-state index is 0.0461. The van der Waals surface area contributed by atoms with Gasteiger partial charge in [0.1, 0.15) is 0 Å². The van der Waals surface area contributed by atoms with Crippen LogP contribution in [-0.4, -0.2) is 55.5 Å². The largest absolute Gasteiger partial charge is 0.378 e. The van der Waals surface area contributed by atoms with Crippen molar-refractivity contribution in [3.63, 3.8) is 0 Å². The van der Waals surface area contributed by atoms with Crippen molar-refractivity contribution in [1.29, 1.82) is 0 Å². The van der Waals surface area contributed by atoms with Crippen LogP contribution in [0.5, 0.6) is 0 Å². The van der Waals surface area contributed by atoms with Gasteiger partial charge in [-0.3, -0.25) is 4.90 Å². The molecule has 0 aliphatic carbocycles. The maximum Gasteiger partial charge on any atom is 0.0743 e. The van der Waals surface area contributed by atoms with Gasteiger partial charge in [0, 0.05) is 25.7 Å². The summed E-state index contributed by atoms with van der Waals surface area (Å²) in [6.07, 6.45) is 2.42. The zero-order valence-electron chi connectivity index (χ0n) is 10.4. The van der Waals surface area contributed by atoms with Crippen molar-refractivity contribution in [2.24, 2.45) is 5.73 Å². The number of hydrogen-bond donors (Lipinski definition) is 1. The average molecular weight is 228 g/mol. The Balaban J connectivity index is 2.18. The summed E-state index contributed by atoms with van der Waals surface area (Å²) >= 11 is 0. The molecule has 0 saturated carbocycles. The lowest BCUT2D eigenvalue weighted by molar-refractivity contribution is -0.0830. The second kappa shape index (κ2) is 5.00. The highest BCUT2D eigenvalue weighted by Gasteiger charge is 2.47. The molecule has 0 aromatic heterocycles. The standard InChI is InChI=1S/C12H24N2O2/c1-3-11-8-15-7-5-14(11)12(9-13)4-6-16-10(12)2/h10-11H,3-9,13H2,1-2H3. The summed E-state index contributed by atoms with van der Waals surface area (Å²) in [5, 5.41) is 0. The van der Waals surface area contributed by atoms with Crippen molar-refractivity contribution in [3.05, 3.63) is 0 Å². The maximum absolute atomic E-state index is 6.04. The SMILES string of the molecule is CCC1COCCN1C1(CN)CCOC1C. The van der Waals surface area contributed by atoms with E-state index in [4.69, 9.17) is 15.2 Å². The van der Waals surface area contributed by atoms with E-state index in [1.807, 2.05) is 0 Å². The molecular weight excluding hydrogens is 204 g/mol. The molecule has 0 aromatic carbocycles. The second-order valence-electron chi connectivity index (χ2n) is 4.90. The Morgan fingerprint density at radius 2 is 2.25 bits per heavy atom. The predicted octanol–water partition coefficient (Wildman–Crippen LogP) is 0.604. The minimum Gasteiger partial charge on any atom is -0.378 e. The van der Waals surface area contributed by atoms with Crippen LogP contribution in [0.15, 0.2) is 0 Å². The number of ether oxygens (including phenoxy) is 2. The molecule has 0 amide bonds. The number of rotatable bonds is 3. The molecule has 4 nitrogen and oxygen atoms in total. The van der Waals surface area contributed by atoms with Crippen LogP contribution in [0.25, 0.3) is 0 Å². The third-order valence-electron chi connectivity index (χ3n) is 4.28. The van der Waals surface area contributed by atoms with E-state index in [1.165, 1.54) is 0 Å². The van der Waals surface area contributed by atoms with Crippen LogP contribution in [-0.2, 0) is 9.47 Å². The summed E-state index contributed by atoms with van der Waals surface area (Å²) in [6.45, 7) is 8.55. The molecule has 16 heavy (non-hydrogen) atoms. The fourth-order valence-electron chi connectivity index (χ4n) is 3.11. The molecule has 0 aromatic rings. The smallest absolute Gasteiger partial charge is 0.0743 e. The molecule has 2 saturated heterocycles. The van der Waals surface area contributed by atoms with Crippen LogP contribution >= 0.6 is 0 Å². The van der Waals surface area contributed by atoms with E-state index in [0.717, 1.165) is 39.2 Å². The molecule has 0 spiro atoms. The Bertz CT molecular complexity index is 237. The first-order valence-electron chi connectivity index (χ1n) is 6.40. The number of nitrogens with two attached hydrogens (primary N) is 1. The summed E-state index contributed by atoms with van der Waals surface area (Å²) in [7, 11) is 0. The topological polar surface area (TPSA) is 47.7 Å². The first-order chi connectivity index (χ1) is 7.74. The van der Waals surface area contributed by atoms with Gasteiger partial charge < -0.3 is 15.2 Å². The number of morpholine rings is 1. The summed E-state index contributed by atoms with van der Waals surface area (Å²) in [6, 6.07) is 0.501. The summed E-state index contributed by atoms with van der Waals surface area (Å²) in [5.41, 5.74) is 6.09. The fraction of sp³-hybridized carbons (Fsp3) is 1.00. The lowest BCUT2D eigenvalue weighted by atomic mass is 9.87. The van der Waals surface area contributed by atoms with Gasteiger partial charge in [-0.15, -0.1) is 0 Å². The molecule has 2 rings (SSSR count). The van der Waals surface area contributed by atoms with Crippen molar-refractivity contribution >= 4 is 0 Å². The Hall–Kier alpha value is -0.160. The van der Waals surface area contributed by atoms with Gasteiger partial charge in [-0.2, -0.15) is 0 Å². The first-order valence-corrected chi connectivity index (χ1v) is 6.40.